The summed E-state index contributed by atoms with van der Waals surface area (Å²) < 4.78 is 7.93. The van der Waals surface area contributed by atoms with Gasteiger partial charge in [-0.2, -0.15) is 0 Å². The van der Waals surface area contributed by atoms with Crippen LogP contribution in [0.1, 0.15) is 33.5 Å². The van der Waals surface area contributed by atoms with Crippen molar-refractivity contribution < 1.29 is 4.74 Å². The third kappa shape index (κ3) is 3.80. The van der Waals surface area contributed by atoms with E-state index in [1.165, 1.54) is 0 Å². The van der Waals surface area contributed by atoms with Crippen molar-refractivity contribution in [2.75, 3.05) is 6.61 Å². The number of hydrogen-bond acceptors (Lipinski definition) is 4. The molecule has 2 unspecified atom stereocenters. The van der Waals surface area contributed by atoms with E-state index in [1.807, 2.05) is 19.3 Å². The highest BCUT2D eigenvalue weighted by molar-refractivity contribution is 4.97. The van der Waals surface area contributed by atoms with Crippen LogP contribution in [0.15, 0.2) is 12.4 Å². The molecule has 5 nitrogen and oxygen atoms in total. The Balaban J connectivity index is 2.76. The molecular formula is C13H26N4O. The van der Waals surface area contributed by atoms with E-state index in [9.17, 15) is 0 Å². The van der Waals surface area contributed by atoms with Gasteiger partial charge >= 0.3 is 0 Å². The fourth-order valence-electron chi connectivity index (χ4n) is 2.25. The Morgan fingerprint density at radius 3 is 2.67 bits per heavy atom. The van der Waals surface area contributed by atoms with E-state index in [1.54, 1.807) is 0 Å². The van der Waals surface area contributed by atoms with Crippen molar-refractivity contribution in [3.63, 3.8) is 0 Å². The topological polar surface area (TPSA) is 65.1 Å². The van der Waals surface area contributed by atoms with Crippen LogP contribution in [-0.2, 0) is 17.7 Å². The number of rotatable bonds is 8. The molecule has 0 amide bonds. The van der Waals surface area contributed by atoms with Gasteiger partial charge in [-0.15, -0.1) is 0 Å². The Morgan fingerprint density at radius 1 is 1.44 bits per heavy atom. The zero-order valence-corrected chi connectivity index (χ0v) is 11.9. The second-order valence-corrected chi connectivity index (χ2v) is 4.77. The number of nitrogens with two attached hydrogens (primary N) is 1. The van der Waals surface area contributed by atoms with Gasteiger partial charge in [0, 0.05) is 32.0 Å². The van der Waals surface area contributed by atoms with E-state index in [2.05, 4.69) is 35.7 Å². The molecule has 0 saturated carbocycles. The molecule has 0 aromatic carbocycles. The number of ether oxygens (including phenoxy) is 1. The Morgan fingerprint density at radius 2 is 2.17 bits per heavy atom. The first-order valence-corrected chi connectivity index (χ1v) is 6.71. The van der Waals surface area contributed by atoms with Crippen LogP contribution in [0.5, 0.6) is 0 Å². The van der Waals surface area contributed by atoms with Crippen LogP contribution >= 0.6 is 0 Å². The molecule has 1 heterocycles. The lowest BCUT2D eigenvalue weighted by molar-refractivity contribution is 0.00294. The number of hydrogen-bond donors (Lipinski definition) is 2. The molecule has 1 aromatic heterocycles. The summed E-state index contributed by atoms with van der Waals surface area (Å²) in [7, 11) is 0. The Bertz CT molecular complexity index is 337. The maximum Gasteiger partial charge on any atom is 0.110 e. The van der Waals surface area contributed by atoms with E-state index in [0.717, 1.165) is 18.8 Å². The van der Waals surface area contributed by atoms with Gasteiger partial charge in [-0.05, 0) is 19.8 Å². The standard InChI is InChI=1S/C13H26N4O/c1-5-17-8-7-15-12(17)9-11(16-14)13(10(3)4)18-6-2/h7-8,10-11,13,16H,5-6,9,14H2,1-4H3. The van der Waals surface area contributed by atoms with Gasteiger partial charge in [0.25, 0.3) is 0 Å². The first kappa shape index (κ1) is 15.1. The molecule has 104 valence electrons. The van der Waals surface area contributed by atoms with Gasteiger partial charge in [0.1, 0.15) is 5.82 Å². The molecule has 5 heteroatoms. The minimum absolute atomic E-state index is 0.0812. The summed E-state index contributed by atoms with van der Waals surface area (Å²) in [4.78, 5) is 4.39. The van der Waals surface area contributed by atoms with Gasteiger partial charge in [0.05, 0.1) is 12.1 Å². The Hall–Kier alpha value is -0.910. The molecule has 0 aliphatic heterocycles. The van der Waals surface area contributed by atoms with Crippen molar-refractivity contribution >= 4 is 0 Å². The largest absolute Gasteiger partial charge is 0.377 e. The maximum absolute atomic E-state index is 5.80. The number of nitrogens with one attached hydrogen (secondary N) is 1. The summed E-state index contributed by atoms with van der Waals surface area (Å²) in [6.45, 7) is 10.0. The van der Waals surface area contributed by atoms with Gasteiger partial charge < -0.3 is 9.30 Å². The number of imidazole rings is 1. The molecule has 18 heavy (non-hydrogen) atoms. The molecule has 0 spiro atoms. The van der Waals surface area contributed by atoms with Crippen LogP contribution in [-0.4, -0.2) is 28.3 Å². The molecule has 0 fully saturated rings. The van der Waals surface area contributed by atoms with Crippen LogP contribution in [0.3, 0.4) is 0 Å². The lowest BCUT2D eigenvalue weighted by Gasteiger charge is -2.29. The summed E-state index contributed by atoms with van der Waals surface area (Å²) in [5.41, 5.74) is 2.88. The lowest BCUT2D eigenvalue weighted by Crippen LogP contribution is -2.49. The molecular weight excluding hydrogens is 228 g/mol. The van der Waals surface area contributed by atoms with Crippen molar-refractivity contribution in [3.05, 3.63) is 18.2 Å². The molecule has 0 aliphatic rings. The summed E-state index contributed by atoms with van der Waals surface area (Å²) >= 11 is 0. The predicted molar refractivity (Wildman–Crippen MR) is 73.0 cm³/mol. The third-order valence-corrected chi connectivity index (χ3v) is 3.17. The minimum Gasteiger partial charge on any atom is -0.377 e. The van der Waals surface area contributed by atoms with E-state index in [4.69, 9.17) is 10.6 Å². The quantitative estimate of drug-likeness (QED) is 0.543. The van der Waals surface area contributed by atoms with Crippen molar-refractivity contribution in [1.82, 2.24) is 15.0 Å². The van der Waals surface area contributed by atoms with Crippen LogP contribution in [0.25, 0.3) is 0 Å². The number of nitrogens with zero attached hydrogens (tertiary/aromatic N) is 2. The fourth-order valence-corrected chi connectivity index (χ4v) is 2.25. The molecule has 0 radical (unpaired) electrons. The van der Waals surface area contributed by atoms with E-state index >= 15 is 0 Å². The second kappa shape index (κ2) is 7.51. The fraction of sp³-hybridized carbons (Fsp3) is 0.769. The highest BCUT2D eigenvalue weighted by Gasteiger charge is 2.25. The van der Waals surface area contributed by atoms with Crippen LogP contribution in [0.2, 0.25) is 0 Å². The Kier molecular flexibility index (Phi) is 6.32. The molecule has 2 atom stereocenters. The van der Waals surface area contributed by atoms with Crippen molar-refractivity contribution in [2.24, 2.45) is 11.8 Å². The highest BCUT2D eigenvalue weighted by Crippen LogP contribution is 2.14. The summed E-state index contributed by atoms with van der Waals surface area (Å²) in [6, 6.07) is 0.0812. The van der Waals surface area contributed by atoms with Crippen molar-refractivity contribution in [3.8, 4) is 0 Å². The Labute approximate surface area is 110 Å². The summed E-state index contributed by atoms with van der Waals surface area (Å²) in [6.07, 6.45) is 4.70. The van der Waals surface area contributed by atoms with Gasteiger partial charge in [-0.3, -0.25) is 11.3 Å². The molecule has 3 N–H and O–H groups in total. The lowest BCUT2D eigenvalue weighted by atomic mass is 9.97. The van der Waals surface area contributed by atoms with E-state index in [-0.39, 0.29) is 12.1 Å². The monoisotopic (exact) mass is 254 g/mol. The van der Waals surface area contributed by atoms with Crippen molar-refractivity contribution in [2.45, 2.75) is 52.8 Å². The predicted octanol–water partition coefficient (Wildman–Crippen LogP) is 1.34. The van der Waals surface area contributed by atoms with Gasteiger partial charge in [-0.25, -0.2) is 4.98 Å². The number of hydrazine groups is 1. The maximum atomic E-state index is 5.80. The normalized spacial score (nSPS) is 15.0. The molecule has 0 bridgehead atoms. The van der Waals surface area contributed by atoms with Crippen LogP contribution < -0.4 is 11.3 Å². The molecule has 0 saturated heterocycles. The molecule has 0 aliphatic carbocycles. The van der Waals surface area contributed by atoms with E-state index < -0.39 is 0 Å². The average molecular weight is 254 g/mol. The summed E-state index contributed by atoms with van der Waals surface area (Å²) in [5.74, 6) is 7.14. The molecule has 1 aromatic rings. The third-order valence-electron chi connectivity index (χ3n) is 3.17. The number of aryl methyl sites for hydroxylation is 1. The van der Waals surface area contributed by atoms with Gasteiger partial charge in [0.15, 0.2) is 0 Å². The first-order valence-electron chi connectivity index (χ1n) is 6.71. The highest BCUT2D eigenvalue weighted by atomic mass is 16.5. The smallest absolute Gasteiger partial charge is 0.110 e. The summed E-state index contributed by atoms with van der Waals surface area (Å²) in [5, 5.41) is 0. The molecule has 1 rings (SSSR count). The van der Waals surface area contributed by atoms with Crippen LogP contribution in [0, 0.1) is 5.92 Å². The second-order valence-electron chi connectivity index (χ2n) is 4.77. The van der Waals surface area contributed by atoms with Gasteiger partial charge in [0.2, 0.25) is 0 Å². The first-order chi connectivity index (χ1) is 8.63. The van der Waals surface area contributed by atoms with E-state index in [0.29, 0.717) is 12.5 Å². The SMILES string of the molecule is CCOC(C(C)C)C(Cc1nccn1CC)NN. The van der Waals surface area contributed by atoms with Crippen molar-refractivity contribution in [1.29, 1.82) is 0 Å². The average Bonchev–Trinajstić information content (AvgIpc) is 2.80. The van der Waals surface area contributed by atoms with Crippen LogP contribution in [0.4, 0.5) is 0 Å². The van der Waals surface area contributed by atoms with Gasteiger partial charge in [-0.1, -0.05) is 13.8 Å². The zero-order chi connectivity index (χ0) is 13.5. The number of aromatic nitrogens is 2. The zero-order valence-electron chi connectivity index (χ0n) is 11.9. The minimum atomic E-state index is 0.0812.